The third kappa shape index (κ3) is 5.58. The van der Waals surface area contributed by atoms with Crippen molar-refractivity contribution in [1.82, 2.24) is 10.2 Å². The smallest absolute Gasteiger partial charge is 0.0589 e. The van der Waals surface area contributed by atoms with Gasteiger partial charge in [0.25, 0.3) is 0 Å². The van der Waals surface area contributed by atoms with Gasteiger partial charge in [0.05, 0.1) is 6.61 Å². The molecule has 0 heterocycles. The van der Waals surface area contributed by atoms with Crippen LogP contribution in [0.5, 0.6) is 0 Å². The molecule has 1 aliphatic carbocycles. The average molecular weight is 200 g/mol. The van der Waals surface area contributed by atoms with Crippen LogP contribution in [-0.2, 0) is 4.74 Å². The molecule has 1 aliphatic rings. The van der Waals surface area contributed by atoms with Gasteiger partial charge in [0.1, 0.15) is 0 Å². The summed E-state index contributed by atoms with van der Waals surface area (Å²) in [4.78, 5) is 2.42. The lowest BCUT2D eigenvalue weighted by Gasteiger charge is -2.19. The molecule has 1 saturated carbocycles. The maximum Gasteiger partial charge on any atom is 0.0589 e. The van der Waals surface area contributed by atoms with Crippen molar-refractivity contribution in [2.24, 2.45) is 5.92 Å². The van der Waals surface area contributed by atoms with Gasteiger partial charge in [-0.05, 0) is 31.8 Å². The van der Waals surface area contributed by atoms with Crippen LogP contribution in [0.15, 0.2) is 0 Å². The van der Waals surface area contributed by atoms with Gasteiger partial charge in [-0.15, -0.1) is 0 Å². The standard InChI is InChI=1S/C11H24N2O/c1-3-13(8-9-14-2)7-6-12-10-11-4-5-11/h11-12H,3-10H2,1-2H3. The predicted octanol–water partition coefficient (Wildman–Crippen LogP) is 0.954. The number of hydrogen-bond donors (Lipinski definition) is 1. The Labute approximate surface area is 87.8 Å². The molecule has 0 bridgehead atoms. The van der Waals surface area contributed by atoms with E-state index < -0.39 is 0 Å². The first-order valence-corrected chi connectivity index (χ1v) is 5.78. The number of nitrogens with zero attached hydrogens (tertiary/aromatic N) is 1. The Morgan fingerprint density at radius 1 is 1.36 bits per heavy atom. The van der Waals surface area contributed by atoms with Crippen LogP contribution >= 0.6 is 0 Å². The number of nitrogens with one attached hydrogen (secondary N) is 1. The van der Waals surface area contributed by atoms with Crippen LogP contribution in [0.4, 0.5) is 0 Å². The van der Waals surface area contributed by atoms with Crippen LogP contribution in [0.3, 0.4) is 0 Å². The number of hydrogen-bond acceptors (Lipinski definition) is 3. The highest BCUT2D eigenvalue weighted by molar-refractivity contribution is 4.75. The van der Waals surface area contributed by atoms with E-state index in [1.165, 1.54) is 19.4 Å². The molecule has 3 heteroatoms. The summed E-state index contributed by atoms with van der Waals surface area (Å²) in [5, 5.41) is 3.51. The fourth-order valence-corrected chi connectivity index (χ4v) is 1.51. The number of rotatable bonds is 9. The third-order valence-electron chi connectivity index (χ3n) is 2.79. The summed E-state index contributed by atoms with van der Waals surface area (Å²) in [5.74, 6) is 0.990. The lowest BCUT2D eigenvalue weighted by atomic mass is 10.4. The van der Waals surface area contributed by atoms with E-state index >= 15 is 0 Å². The van der Waals surface area contributed by atoms with Gasteiger partial charge in [0.2, 0.25) is 0 Å². The quantitative estimate of drug-likeness (QED) is 0.561. The third-order valence-corrected chi connectivity index (χ3v) is 2.79. The van der Waals surface area contributed by atoms with Crippen LogP contribution in [0.25, 0.3) is 0 Å². The number of likely N-dealkylation sites (N-methyl/N-ethyl adjacent to an activating group) is 1. The largest absolute Gasteiger partial charge is 0.383 e. The average Bonchev–Trinajstić information content (AvgIpc) is 3.01. The number of methoxy groups -OCH3 is 1. The van der Waals surface area contributed by atoms with Crippen LogP contribution in [0, 0.1) is 5.92 Å². The molecule has 1 N–H and O–H groups in total. The van der Waals surface area contributed by atoms with E-state index in [0.717, 1.165) is 38.7 Å². The Morgan fingerprint density at radius 2 is 2.14 bits per heavy atom. The Balaban J connectivity index is 1.89. The van der Waals surface area contributed by atoms with Gasteiger partial charge in [-0.2, -0.15) is 0 Å². The van der Waals surface area contributed by atoms with Crippen LogP contribution in [0.2, 0.25) is 0 Å². The van der Waals surface area contributed by atoms with Gasteiger partial charge < -0.3 is 15.0 Å². The van der Waals surface area contributed by atoms with Gasteiger partial charge in [0, 0.05) is 26.7 Å². The molecule has 0 saturated heterocycles. The first-order chi connectivity index (χ1) is 6.86. The molecule has 0 atom stereocenters. The fraction of sp³-hybridized carbons (Fsp3) is 1.00. The SMILES string of the molecule is CCN(CCNCC1CC1)CCOC. The zero-order valence-corrected chi connectivity index (χ0v) is 9.59. The van der Waals surface area contributed by atoms with E-state index in [1.807, 2.05) is 0 Å². The van der Waals surface area contributed by atoms with E-state index in [2.05, 4.69) is 17.1 Å². The first-order valence-electron chi connectivity index (χ1n) is 5.78. The summed E-state index contributed by atoms with van der Waals surface area (Å²) in [6.07, 6.45) is 2.88. The molecule has 3 nitrogen and oxygen atoms in total. The van der Waals surface area contributed by atoms with Crippen molar-refractivity contribution in [3.05, 3.63) is 0 Å². The summed E-state index contributed by atoms with van der Waals surface area (Å²) < 4.78 is 5.07. The summed E-state index contributed by atoms with van der Waals surface area (Å²) >= 11 is 0. The van der Waals surface area contributed by atoms with Crippen LogP contribution in [0.1, 0.15) is 19.8 Å². The van der Waals surface area contributed by atoms with Crippen molar-refractivity contribution in [3.63, 3.8) is 0 Å². The molecule has 0 aromatic rings. The predicted molar refractivity (Wildman–Crippen MR) is 59.6 cm³/mol. The van der Waals surface area contributed by atoms with E-state index in [1.54, 1.807) is 7.11 Å². The maximum absolute atomic E-state index is 5.07. The molecule has 0 aromatic heterocycles. The van der Waals surface area contributed by atoms with Crippen LogP contribution in [-0.4, -0.2) is 51.3 Å². The van der Waals surface area contributed by atoms with Gasteiger partial charge in [-0.1, -0.05) is 6.92 Å². The minimum atomic E-state index is 0.844. The van der Waals surface area contributed by atoms with Gasteiger partial charge in [0.15, 0.2) is 0 Å². The normalized spacial score (nSPS) is 16.5. The van der Waals surface area contributed by atoms with E-state index in [9.17, 15) is 0 Å². The lowest BCUT2D eigenvalue weighted by molar-refractivity contribution is 0.151. The van der Waals surface area contributed by atoms with Crippen molar-refractivity contribution in [1.29, 1.82) is 0 Å². The maximum atomic E-state index is 5.07. The van der Waals surface area contributed by atoms with Crippen molar-refractivity contribution in [2.45, 2.75) is 19.8 Å². The second kappa shape index (κ2) is 7.21. The van der Waals surface area contributed by atoms with Crippen molar-refractivity contribution in [2.75, 3.05) is 46.4 Å². The molecular weight excluding hydrogens is 176 g/mol. The highest BCUT2D eigenvalue weighted by atomic mass is 16.5. The summed E-state index contributed by atoms with van der Waals surface area (Å²) in [5.41, 5.74) is 0. The molecule has 1 fully saturated rings. The fourth-order valence-electron chi connectivity index (χ4n) is 1.51. The molecule has 0 spiro atoms. The zero-order chi connectivity index (χ0) is 10.2. The minimum absolute atomic E-state index is 0.844. The van der Waals surface area contributed by atoms with Gasteiger partial charge in [-0.25, -0.2) is 0 Å². The molecule has 0 unspecified atom stereocenters. The second-order valence-electron chi connectivity index (χ2n) is 4.07. The molecule has 0 aromatic carbocycles. The summed E-state index contributed by atoms with van der Waals surface area (Å²) in [6.45, 7) is 8.71. The van der Waals surface area contributed by atoms with Gasteiger partial charge in [-0.3, -0.25) is 0 Å². The molecule has 84 valence electrons. The number of ether oxygens (including phenoxy) is 1. The van der Waals surface area contributed by atoms with Crippen molar-refractivity contribution in [3.8, 4) is 0 Å². The minimum Gasteiger partial charge on any atom is -0.383 e. The summed E-state index contributed by atoms with van der Waals surface area (Å²) in [6, 6.07) is 0. The van der Waals surface area contributed by atoms with Crippen molar-refractivity contribution >= 4 is 0 Å². The van der Waals surface area contributed by atoms with Crippen LogP contribution < -0.4 is 5.32 Å². The summed E-state index contributed by atoms with van der Waals surface area (Å²) in [7, 11) is 1.76. The lowest BCUT2D eigenvalue weighted by Crippen LogP contribution is -2.34. The monoisotopic (exact) mass is 200 g/mol. The zero-order valence-electron chi connectivity index (χ0n) is 9.59. The van der Waals surface area contributed by atoms with Gasteiger partial charge >= 0.3 is 0 Å². The highest BCUT2D eigenvalue weighted by Crippen LogP contribution is 2.27. The van der Waals surface area contributed by atoms with E-state index in [4.69, 9.17) is 4.74 Å². The topological polar surface area (TPSA) is 24.5 Å². The van der Waals surface area contributed by atoms with E-state index in [-0.39, 0.29) is 0 Å². The Bertz CT molecular complexity index is 137. The molecule has 1 rings (SSSR count). The Hall–Kier alpha value is -0.120. The first kappa shape index (κ1) is 12.0. The highest BCUT2D eigenvalue weighted by Gasteiger charge is 2.19. The Kier molecular flexibility index (Phi) is 6.15. The molecule has 0 radical (unpaired) electrons. The molecule has 14 heavy (non-hydrogen) atoms. The van der Waals surface area contributed by atoms with E-state index in [0.29, 0.717) is 0 Å². The Morgan fingerprint density at radius 3 is 2.71 bits per heavy atom. The molecule has 0 amide bonds. The molecule has 0 aliphatic heterocycles. The molecular formula is C11H24N2O. The second-order valence-corrected chi connectivity index (χ2v) is 4.07. The van der Waals surface area contributed by atoms with Crippen molar-refractivity contribution < 1.29 is 4.74 Å².